The number of aromatic nitrogens is 1. The summed E-state index contributed by atoms with van der Waals surface area (Å²) in [7, 11) is 0. The molecule has 3 amide bonds. The maximum Gasteiger partial charge on any atom is 0.244 e. The number of nitrogens with zero attached hydrogens (tertiary/aromatic N) is 2. The van der Waals surface area contributed by atoms with E-state index in [2.05, 4.69) is 31.5 Å². The third kappa shape index (κ3) is 4.41. The summed E-state index contributed by atoms with van der Waals surface area (Å²) in [6.45, 7) is 3.05. The van der Waals surface area contributed by atoms with E-state index in [9.17, 15) is 27.6 Å². The maximum atomic E-state index is 14.9. The van der Waals surface area contributed by atoms with Gasteiger partial charge in [0.05, 0.1) is 11.5 Å². The minimum atomic E-state index is -1.63. The summed E-state index contributed by atoms with van der Waals surface area (Å²) >= 11 is 3.11. The molecule has 11 heteroatoms. The lowest BCUT2D eigenvalue weighted by Gasteiger charge is -2.43. The molecular formula is C30H26BrF3N4O3. The molecule has 3 aromatic rings. The molecule has 1 aliphatic carbocycles. The van der Waals surface area contributed by atoms with Gasteiger partial charge >= 0.3 is 0 Å². The number of benzene rings is 2. The maximum absolute atomic E-state index is 14.9. The van der Waals surface area contributed by atoms with E-state index in [0.717, 1.165) is 22.8 Å². The Morgan fingerprint density at radius 3 is 2.66 bits per heavy atom. The molecule has 2 atom stereocenters. The highest BCUT2D eigenvalue weighted by atomic mass is 79.9. The minimum Gasteiger partial charge on any atom is -0.326 e. The summed E-state index contributed by atoms with van der Waals surface area (Å²) in [4.78, 5) is 45.2. The Kier molecular flexibility index (Phi) is 6.48. The van der Waals surface area contributed by atoms with E-state index in [1.807, 2.05) is 18.2 Å². The van der Waals surface area contributed by atoms with Crippen molar-refractivity contribution >= 4 is 45.2 Å². The number of rotatable bonds is 4. The van der Waals surface area contributed by atoms with E-state index in [1.54, 1.807) is 32.2 Å². The highest BCUT2D eigenvalue weighted by Crippen LogP contribution is 2.47. The van der Waals surface area contributed by atoms with Crippen LogP contribution in [-0.2, 0) is 32.6 Å². The van der Waals surface area contributed by atoms with E-state index >= 15 is 0 Å². The van der Waals surface area contributed by atoms with Gasteiger partial charge in [-0.2, -0.15) is 0 Å². The fraction of sp³-hybridized carbons (Fsp3) is 0.333. The smallest absolute Gasteiger partial charge is 0.244 e. The SMILES string of the molecule is CC1(C)CC[C@@H](c2c(Br)cc(F)c(F)c2F)N(CC(=O)Nc2ccc3c(c2)C[C@@]2(C3)C(=O)Nc3ncccc32)C1=O. The number of carbonyl (C=O) groups is 3. The molecule has 0 bridgehead atoms. The van der Waals surface area contributed by atoms with Crippen molar-refractivity contribution in [1.82, 2.24) is 9.88 Å². The van der Waals surface area contributed by atoms with Gasteiger partial charge in [-0.05, 0) is 61.1 Å². The Labute approximate surface area is 242 Å². The van der Waals surface area contributed by atoms with Crippen LogP contribution in [0, 0.1) is 22.9 Å². The molecule has 3 heterocycles. The Bertz CT molecular complexity index is 1650. The number of fused-ring (bicyclic) bond motifs is 3. The number of nitrogens with one attached hydrogen (secondary N) is 2. The average molecular weight is 627 g/mol. The van der Waals surface area contributed by atoms with Crippen molar-refractivity contribution in [1.29, 1.82) is 0 Å². The molecule has 0 radical (unpaired) electrons. The summed E-state index contributed by atoms with van der Waals surface area (Å²) in [6.07, 6.45) is 3.21. The standard InChI is InChI=1S/C30H26BrF3N4O3/c1-29(2)8-7-21(23-19(31)11-20(32)24(33)25(23)34)38(28(29)41)14-22(39)36-17-6-5-15-12-30(13-16(15)10-17)18-4-3-9-35-26(18)37-27(30)40/h3-6,9-11,21H,7-8,12-14H2,1-2H3,(H,36,39)(H,35,37,40)/t21-,30+/m0/s1. The molecule has 1 fully saturated rings. The van der Waals surface area contributed by atoms with Crippen molar-refractivity contribution in [3.05, 3.63) is 86.8 Å². The number of pyridine rings is 1. The third-order valence-corrected chi connectivity index (χ3v) is 9.18. The van der Waals surface area contributed by atoms with Crippen LogP contribution in [-0.4, -0.2) is 34.2 Å². The molecule has 3 aliphatic rings. The van der Waals surface area contributed by atoms with Crippen LogP contribution in [0.1, 0.15) is 55.0 Å². The molecule has 212 valence electrons. The van der Waals surface area contributed by atoms with Gasteiger partial charge in [-0.1, -0.05) is 41.9 Å². The number of hydrogen-bond donors (Lipinski definition) is 2. The van der Waals surface area contributed by atoms with Crippen LogP contribution in [0.4, 0.5) is 24.7 Å². The van der Waals surface area contributed by atoms with Gasteiger partial charge in [-0.15, -0.1) is 0 Å². The third-order valence-electron chi connectivity index (χ3n) is 8.52. The second-order valence-electron chi connectivity index (χ2n) is 11.6. The summed E-state index contributed by atoms with van der Waals surface area (Å²) < 4.78 is 42.9. The van der Waals surface area contributed by atoms with Crippen LogP contribution in [0.5, 0.6) is 0 Å². The van der Waals surface area contributed by atoms with Crippen molar-refractivity contribution in [2.45, 2.75) is 51.0 Å². The fourth-order valence-corrected chi connectivity index (χ4v) is 7.00. The topological polar surface area (TPSA) is 91.4 Å². The lowest BCUT2D eigenvalue weighted by molar-refractivity contribution is -0.150. The first-order valence-corrected chi connectivity index (χ1v) is 14.0. The van der Waals surface area contributed by atoms with Crippen LogP contribution in [0.25, 0.3) is 0 Å². The second kappa shape index (κ2) is 9.68. The van der Waals surface area contributed by atoms with Crippen LogP contribution >= 0.6 is 15.9 Å². The van der Waals surface area contributed by atoms with Crippen molar-refractivity contribution in [2.75, 3.05) is 17.2 Å². The summed E-state index contributed by atoms with van der Waals surface area (Å²) in [5.74, 6) is -4.84. The Morgan fingerprint density at radius 1 is 1.12 bits per heavy atom. The van der Waals surface area contributed by atoms with Crippen molar-refractivity contribution in [2.24, 2.45) is 5.41 Å². The monoisotopic (exact) mass is 626 g/mol. The fourth-order valence-electron chi connectivity index (χ4n) is 6.36. The Morgan fingerprint density at radius 2 is 1.88 bits per heavy atom. The summed E-state index contributed by atoms with van der Waals surface area (Å²) in [5, 5.41) is 5.68. The average Bonchev–Trinajstić information content (AvgIpc) is 3.43. The Hall–Kier alpha value is -3.73. The predicted molar refractivity (Wildman–Crippen MR) is 149 cm³/mol. The van der Waals surface area contributed by atoms with Gasteiger partial charge in [0, 0.05) is 32.9 Å². The molecule has 2 aliphatic heterocycles. The molecule has 2 N–H and O–H groups in total. The number of hydrogen-bond acceptors (Lipinski definition) is 4. The quantitative estimate of drug-likeness (QED) is 0.292. The largest absolute Gasteiger partial charge is 0.326 e. The molecule has 0 saturated carbocycles. The molecule has 7 nitrogen and oxygen atoms in total. The van der Waals surface area contributed by atoms with Gasteiger partial charge in [0.15, 0.2) is 17.5 Å². The second-order valence-corrected chi connectivity index (χ2v) is 12.4. The zero-order chi connectivity index (χ0) is 29.3. The van der Waals surface area contributed by atoms with E-state index in [-0.39, 0.29) is 22.4 Å². The number of carbonyl (C=O) groups excluding carboxylic acids is 3. The lowest BCUT2D eigenvalue weighted by atomic mass is 9.78. The van der Waals surface area contributed by atoms with Crippen LogP contribution < -0.4 is 10.6 Å². The molecule has 1 saturated heterocycles. The van der Waals surface area contributed by atoms with Gasteiger partial charge in [-0.25, -0.2) is 18.2 Å². The molecule has 6 rings (SSSR count). The van der Waals surface area contributed by atoms with Gasteiger partial charge < -0.3 is 15.5 Å². The molecular weight excluding hydrogens is 601 g/mol. The molecule has 41 heavy (non-hydrogen) atoms. The Balaban J connectivity index is 1.24. The van der Waals surface area contributed by atoms with Gasteiger partial charge in [-0.3, -0.25) is 14.4 Å². The van der Waals surface area contributed by atoms with Crippen molar-refractivity contribution < 1.29 is 27.6 Å². The van der Waals surface area contributed by atoms with E-state index in [4.69, 9.17) is 0 Å². The number of piperidine rings is 1. The zero-order valence-corrected chi connectivity index (χ0v) is 23.9. The van der Waals surface area contributed by atoms with Crippen LogP contribution in [0.2, 0.25) is 0 Å². The van der Waals surface area contributed by atoms with Gasteiger partial charge in [0.1, 0.15) is 12.4 Å². The number of halogens is 4. The van der Waals surface area contributed by atoms with Crippen molar-refractivity contribution in [3.8, 4) is 0 Å². The molecule has 1 aromatic heterocycles. The van der Waals surface area contributed by atoms with Crippen LogP contribution in [0.3, 0.4) is 0 Å². The number of likely N-dealkylation sites (tertiary alicyclic amines) is 1. The first kappa shape index (κ1) is 27.4. The normalized spacial score (nSPS) is 22.5. The minimum absolute atomic E-state index is 0.0166. The van der Waals surface area contributed by atoms with E-state index in [1.165, 1.54) is 4.90 Å². The zero-order valence-electron chi connectivity index (χ0n) is 22.3. The first-order chi connectivity index (χ1) is 19.4. The highest BCUT2D eigenvalue weighted by molar-refractivity contribution is 9.10. The van der Waals surface area contributed by atoms with E-state index in [0.29, 0.717) is 30.8 Å². The summed E-state index contributed by atoms with van der Waals surface area (Å²) in [5.41, 5.74) is 1.45. The lowest BCUT2D eigenvalue weighted by Crippen LogP contribution is -2.50. The van der Waals surface area contributed by atoms with E-state index < -0.39 is 52.7 Å². The molecule has 0 unspecified atom stereocenters. The molecule has 1 spiro atoms. The van der Waals surface area contributed by atoms with Crippen molar-refractivity contribution in [3.63, 3.8) is 0 Å². The highest BCUT2D eigenvalue weighted by Gasteiger charge is 2.51. The van der Waals surface area contributed by atoms with Gasteiger partial charge in [0.2, 0.25) is 17.7 Å². The first-order valence-electron chi connectivity index (χ1n) is 13.2. The predicted octanol–water partition coefficient (Wildman–Crippen LogP) is 5.58. The van der Waals surface area contributed by atoms with Crippen LogP contribution in [0.15, 0.2) is 47.1 Å². The molecule has 2 aromatic carbocycles. The number of anilines is 2. The number of amides is 3. The summed E-state index contributed by atoms with van der Waals surface area (Å²) in [6, 6.07) is 8.97. The van der Waals surface area contributed by atoms with Gasteiger partial charge in [0.25, 0.3) is 0 Å².